The minimum atomic E-state index is -1.55. The Morgan fingerprint density at radius 2 is 2.22 bits per heavy atom. The average Bonchev–Trinajstić information content (AvgIpc) is 2.36. The molecule has 104 valence electrons. The molecule has 1 aliphatic heterocycles. The first-order valence-corrected chi connectivity index (χ1v) is 6.12. The van der Waals surface area contributed by atoms with E-state index in [2.05, 4.69) is 10.6 Å². The number of hydrogen-bond acceptors (Lipinski definition) is 4. The first kappa shape index (κ1) is 14.7. The van der Waals surface area contributed by atoms with E-state index in [4.69, 9.17) is 10.2 Å². The molecule has 18 heavy (non-hydrogen) atoms. The molecular weight excluding hydrogens is 238 g/mol. The van der Waals surface area contributed by atoms with Crippen LogP contribution in [0.2, 0.25) is 0 Å². The van der Waals surface area contributed by atoms with Crippen molar-refractivity contribution in [1.82, 2.24) is 15.5 Å². The van der Waals surface area contributed by atoms with Crippen LogP contribution in [-0.4, -0.2) is 66.4 Å². The summed E-state index contributed by atoms with van der Waals surface area (Å²) in [6, 6.07) is -0.309. The molecule has 0 aromatic heterocycles. The highest BCUT2D eigenvalue weighted by Crippen LogP contribution is 2.15. The molecule has 2 unspecified atom stereocenters. The molecule has 0 bridgehead atoms. The SMILES string of the molecule is CNCC1CCCN(C(=O)NCC(O)C(=O)O)C1. The molecule has 1 saturated heterocycles. The van der Waals surface area contributed by atoms with Gasteiger partial charge in [0.25, 0.3) is 0 Å². The second-order valence-corrected chi connectivity index (χ2v) is 4.55. The molecule has 1 heterocycles. The number of amides is 2. The fraction of sp³-hybridized carbons (Fsp3) is 0.818. The van der Waals surface area contributed by atoms with Crippen molar-refractivity contribution in [3.05, 3.63) is 0 Å². The number of carbonyl (C=O) groups excluding carboxylic acids is 1. The van der Waals surface area contributed by atoms with Crippen LogP contribution in [0.1, 0.15) is 12.8 Å². The van der Waals surface area contributed by atoms with Gasteiger partial charge in [0.05, 0.1) is 6.54 Å². The number of nitrogens with zero attached hydrogens (tertiary/aromatic N) is 1. The number of carboxylic acid groups (broad SMARTS) is 1. The van der Waals surface area contributed by atoms with Crippen LogP contribution in [0, 0.1) is 5.92 Å². The fourth-order valence-electron chi connectivity index (χ4n) is 2.09. The van der Waals surface area contributed by atoms with Gasteiger partial charge in [0, 0.05) is 13.1 Å². The lowest BCUT2D eigenvalue weighted by atomic mass is 9.98. The second kappa shape index (κ2) is 7.17. The Kier molecular flexibility index (Phi) is 5.87. The number of urea groups is 1. The summed E-state index contributed by atoms with van der Waals surface area (Å²) < 4.78 is 0. The fourth-order valence-corrected chi connectivity index (χ4v) is 2.09. The number of piperidine rings is 1. The van der Waals surface area contributed by atoms with Gasteiger partial charge in [-0.2, -0.15) is 0 Å². The van der Waals surface area contributed by atoms with Gasteiger partial charge in [-0.25, -0.2) is 9.59 Å². The lowest BCUT2D eigenvalue weighted by Gasteiger charge is -2.32. The number of aliphatic carboxylic acids is 1. The summed E-state index contributed by atoms with van der Waals surface area (Å²) in [5, 5.41) is 23.1. The number of rotatable bonds is 5. The predicted molar refractivity (Wildman–Crippen MR) is 65.3 cm³/mol. The van der Waals surface area contributed by atoms with Gasteiger partial charge in [0.1, 0.15) is 0 Å². The minimum absolute atomic E-state index is 0.263. The summed E-state index contributed by atoms with van der Waals surface area (Å²) in [6.45, 7) is 1.94. The van der Waals surface area contributed by atoms with Crippen molar-refractivity contribution in [1.29, 1.82) is 0 Å². The molecule has 2 atom stereocenters. The van der Waals surface area contributed by atoms with Crippen LogP contribution in [0.15, 0.2) is 0 Å². The molecule has 0 radical (unpaired) electrons. The molecule has 4 N–H and O–H groups in total. The minimum Gasteiger partial charge on any atom is -0.479 e. The number of carboxylic acids is 1. The zero-order valence-electron chi connectivity index (χ0n) is 10.6. The third-order valence-corrected chi connectivity index (χ3v) is 3.03. The number of nitrogens with one attached hydrogen (secondary N) is 2. The molecule has 0 aromatic rings. The Bertz CT molecular complexity index is 296. The van der Waals surface area contributed by atoms with E-state index in [9.17, 15) is 9.59 Å². The highest BCUT2D eigenvalue weighted by molar-refractivity contribution is 5.76. The van der Waals surface area contributed by atoms with Crippen LogP contribution in [0.5, 0.6) is 0 Å². The first-order chi connectivity index (χ1) is 8.54. The summed E-state index contributed by atoms with van der Waals surface area (Å²) in [4.78, 5) is 23.8. The van der Waals surface area contributed by atoms with Crippen molar-refractivity contribution < 1.29 is 19.8 Å². The molecule has 2 amide bonds. The molecule has 0 saturated carbocycles. The lowest BCUT2D eigenvalue weighted by molar-refractivity contribution is -0.146. The van der Waals surface area contributed by atoms with E-state index in [0.29, 0.717) is 19.0 Å². The van der Waals surface area contributed by atoms with Crippen molar-refractivity contribution in [3.63, 3.8) is 0 Å². The van der Waals surface area contributed by atoms with E-state index in [1.54, 1.807) is 4.90 Å². The highest BCUT2D eigenvalue weighted by Gasteiger charge is 2.24. The van der Waals surface area contributed by atoms with Crippen molar-refractivity contribution in [2.45, 2.75) is 18.9 Å². The van der Waals surface area contributed by atoms with Gasteiger partial charge in [0.2, 0.25) is 0 Å². The first-order valence-electron chi connectivity index (χ1n) is 6.12. The predicted octanol–water partition coefficient (Wildman–Crippen LogP) is -0.927. The zero-order valence-corrected chi connectivity index (χ0v) is 10.6. The number of aliphatic hydroxyl groups excluding tert-OH is 1. The van der Waals surface area contributed by atoms with Gasteiger partial charge in [-0.3, -0.25) is 0 Å². The average molecular weight is 259 g/mol. The van der Waals surface area contributed by atoms with Crippen LogP contribution in [0.25, 0.3) is 0 Å². The Hall–Kier alpha value is -1.34. The van der Waals surface area contributed by atoms with Crippen molar-refractivity contribution >= 4 is 12.0 Å². The Morgan fingerprint density at radius 3 is 2.83 bits per heavy atom. The molecule has 1 fully saturated rings. The summed E-state index contributed by atoms with van der Waals surface area (Å²) in [5.41, 5.74) is 0. The van der Waals surface area contributed by atoms with Gasteiger partial charge >= 0.3 is 12.0 Å². The smallest absolute Gasteiger partial charge is 0.334 e. The van der Waals surface area contributed by atoms with Gasteiger partial charge < -0.3 is 25.7 Å². The van der Waals surface area contributed by atoms with E-state index in [1.165, 1.54) is 0 Å². The van der Waals surface area contributed by atoms with Crippen LogP contribution < -0.4 is 10.6 Å². The summed E-state index contributed by atoms with van der Waals surface area (Å²) in [5.74, 6) is -0.902. The van der Waals surface area contributed by atoms with Gasteiger partial charge in [-0.1, -0.05) is 0 Å². The Labute approximate surface area is 106 Å². The standard InChI is InChI=1S/C11H21N3O4/c1-12-5-8-3-2-4-14(7-8)11(18)13-6-9(15)10(16)17/h8-9,12,15H,2-7H2,1H3,(H,13,18)(H,16,17). The monoisotopic (exact) mass is 259 g/mol. The van der Waals surface area contributed by atoms with E-state index < -0.39 is 12.1 Å². The summed E-state index contributed by atoms with van der Waals surface area (Å²) in [6.07, 6.45) is 0.482. The Morgan fingerprint density at radius 1 is 1.50 bits per heavy atom. The van der Waals surface area contributed by atoms with Crippen molar-refractivity contribution in [2.75, 3.05) is 33.2 Å². The number of likely N-dealkylation sites (tertiary alicyclic amines) is 1. The maximum absolute atomic E-state index is 11.8. The van der Waals surface area contributed by atoms with Crippen LogP contribution in [0.3, 0.4) is 0 Å². The van der Waals surface area contributed by atoms with E-state index >= 15 is 0 Å². The number of aliphatic hydroxyl groups is 1. The highest BCUT2D eigenvalue weighted by atomic mass is 16.4. The van der Waals surface area contributed by atoms with Crippen LogP contribution in [0.4, 0.5) is 4.79 Å². The molecule has 7 nitrogen and oxygen atoms in total. The third kappa shape index (κ3) is 4.50. The molecular formula is C11H21N3O4. The largest absolute Gasteiger partial charge is 0.479 e. The zero-order chi connectivity index (χ0) is 13.5. The molecule has 0 aliphatic carbocycles. The van der Waals surface area contributed by atoms with Gasteiger partial charge in [-0.15, -0.1) is 0 Å². The third-order valence-electron chi connectivity index (χ3n) is 3.03. The van der Waals surface area contributed by atoms with Crippen molar-refractivity contribution in [3.8, 4) is 0 Å². The van der Waals surface area contributed by atoms with E-state index in [0.717, 1.165) is 19.4 Å². The number of hydrogen-bond donors (Lipinski definition) is 4. The second-order valence-electron chi connectivity index (χ2n) is 4.55. The molecule has 0 spiro atoms. The molecule has 0 aromatic carbocycles. The quantitative estimate of drug-likeness (QED) is 0.511. The molecule has 1 rings (SSSR count). The Balaban J connectivity index is 2.34. The summed E-state index contributed by atoms with van der Waals surface area (Å²) in [7, 11) is 1.88. The van der Waals surface area contributed by atoms with Gasteiger partial charge in [-0.05, 0) is 32.4 Å². The van der Waals surface area contributed by atoms with Crippen molar-refractivity contribution in [2.24, 2.45) is 5.92 Å². The van der Waals surface area contributed by atoms with Gasteiger partial charge in [0.15, 0.2) is 6.10 Å². The maximum atomic E-state index is 11.8. The normalized spacial score (nSPS) is 21.4. The topological polar surface area (TPSA) is 102 Å². The van der Waals surface area contributed by atoms with E-state index in [-0.39, 0.29) is 12.6 Å². The van der Waals surface area contributed by atoms with Crippen LogP contribution >= 0.6 is 0 Å². The molecule has 7 heteroatoms. The summed E-state index contributed by atoms with van der Waals surface area (Å²) >= 11 is 0. The van der Waals surface area contributed by atoms with Crippen LogP contribution in [-0.2, 0) is 4.79 Å². The molecule has 1 aliphatic rings. The lowest BCUT2D eigenvalue weighted by Crippen LogP contribution is -2.49. The number of carbonyl (C=O) groups is 2. The maximum Gasteiger partial charge on any atom is 0.334 e. The van der Waals surface area contributed by atoms with E-state index in [1.807, 2.05) is 7.05 Å².